The molecule has 8 nitrogen and oxygen atoms in total. The van der Waals surface area contributed by atoms with Crippen molar-refractivity contribution < 1.29 is 19.5 Å². The number of pyridine rings is 1. The molecule has 5 N–H and O–H groups in total. The van der Waals surface area contributed by atoms with E-state index < -0.39 is 35.8 Å². The summed E-state index contributed by atoms with van der Waals surface area (Å²) in [6.07, 6.45) is 0.781. The van der Waals surface area contributed by atoms with Crippen LogP contribution < -0.4 is 16.6 Å². The molecule has 1 atom stereocenters. The molecule has 0 unspecified atom stereocenters. The van der Waals surface area contributed by atoms with E-state index in [0.717, 1.165) is 0 Å². The largest absolute Gasteiger partial charge is 0.480 e. The van der Waals surface area contributed by atoms with Gasteiger partial charge in [-0.1, -0.05) is 0 Å². The number of carbonyl (C=O) groups excluding carboxylic acids is 2. The third-order valence-electron chi connectivity index (χ3n) is 2.07. The minimum atomic E-state index is -1.46. The van der Waals surface area contributed by atoms with Crippen molar-refractivity contribution in [3.8, 4) is 0 Å². The fourth-order valence-electron chi connectivity index (χ4n) is 1.24. The van der Waals surface area contributed by atoms with E-state index in [2.05, 4.69) is 4.98 Å². The van der Waals surface area contributed by atoms with Crippen LogP contribution in [0.25, 0.3) is 0 Å². The van der Waals surface area contributed by atoms with Crippen molar-refractivity contribution >= 4 is 17.8 Å². The number of carboxylic acids is 1. The average molecular weight is 253 g/mol. The number of primary amides is 1. The summed E-state index contributed by atoms with van der Waals surface area (Å²) < 4.78 is 0. The first-order chi connectivity index (χ1) is 8.41. The first-order valence-electron chi connectivity index (χ1n) is 4.91. The smallest absolute Gasteiger partial charge is 0.326 e. The number of rotatable bonds is 5. The molecule has 96 valence electrons. The summed E-state index contributed by atoms with van der Waals surface area (Å²) in [5.74, 6) is -3.16. The summed E-state index contributed by atoms with van der Waals surface area (Å²) in [5.41, 5.74) is 3.96. The lowest BCUT2D eigenvalue weighted by Crippen LogP contribution is -2.44. The zero-order valence-electron chi connectivity index (χ0n) is 9.17. The lowest BCUT2D eigenvalue weighted by Gasteiger charge is -2.12. The highest BCUT2D eigenvalue weighted by Crippen LogP contribution is 1.96. The maximum Gasteiger partial charge on any atom is 0.326 e. The molecule has 0 radical (unpaired) electrons. The highest BCUT2D eigenvalue weighted by molar-refractivity contribution is 5.97. The van der Waals surface area contributed by atoms with E-state index in [1.807, 2.05) is 5.32 Å². The molecule has 8 heteroatoms. The predicted molar refractivity (Wildman–Crippen MR) is 59.8 cm³/mol. The number of carboxylic acid groups (broad SMARTS) is 1. The zero-order chi connectivity index (χ0) is 13.7. The van der Waals surface area contributed by atoms with Crippen molar-refractivity contribution in [3.63, 3.8) is 0 Å². The number of aromatic amines is 1. The van der Waals surface area contributed by atoms with Crippen molar-refractivity contribution in [2.75, 3.05) is 0 Å². The Morgan fingerprint density at radius 1 is 1.44 bits per heavy atom. The van der Waals surface area contributed by atoms with Crippen LogP contribution in [-0.4, -0.2) is 33.9 Å². The Balaban J connectivity index is 2.85. The maximum atomic E-state index is 11.6. The molecule has 18 heavy (non-hydrogen) atoms. The zero-order valence-corrected chi connectivity index (χ0v) is 9.17. The lowest BCUT2D eigenvalue weighted by atomic mass is 10.2. The van der Waals surface area contributed by atoms with Crippen LogP contribution in [0.5, 0.6) is 0 Å². The van der Waals surface area contributed by atoms with E-state index in [9.17, 15) is 19.2 Å². The Morgan fingerprint density at radius 3 is 2.61 bits per heavy atom. The monoisotopic (exact) mass is 253 g/mol. The van der Waals surface area contributed by atoms with Crippen LogP contribution in [0.2, 0.25) is 0 Å². The molecule has 1 aromatic rings. The van der Waals surface area contributed by atoms with E-state index in [4.69, 9.17) is 10.8 Å². The molecule has 2 amide bonds. The summed E-state index contributed by atoms with van der Waals surface area (Å²) in [6, 6.07) is 1.19. The molecule has 0 aliphatic rings. The summed E-state index contributed by atoms with van der Waals surface area (Å²) in [5, 5.41) is 10.8. The van der Waals surface area contributed by atoms with Crippen molar-refractivity contribution in [1.82, 2.24) is 10.3 Å². The normalized spacial score (nSPS) is 11.6. The maximum absolute atomic E-state index is 11.6. The van der Waals surface area contributed by atoms with E-state index >= 15 is 0 Å². The molecule has 0 spiro atoms. The predicted octanol–water partition coefficient (Wildman–Crippen LogP) is -1.57. The fourth-order valence-corrected chi connectivity index (χ4v) is 1.24. The van der Waals surface area contributed by atoms with Gasteiger partial charge in [0, 0.05) is 6.20 Å². The topological polar surface area (TPSA) is 142 Å². The van der Waals surface area contributed by atoms with Crippen molar-refractivity contribution in [2.24, 2.45) is 5.73 Å². The van der Waals surface area contributed by atoms with Gasteiger partial charge in [0.25, 0.3) is 11.5 Å². The van der Waals surface area contributed by atoms with Crippen LogP contribution in [0.3, 0.4) is 0 Å². The van der Waals surface area contributed by atoms with Gasteiger partial charge < -0.3 is 21.1 Å². The van der Waals surface area contributed by atoms with Gasteiger partial charge in [0.2, 0.25) is 5.91 Å². The number of hydrogen-bond donors (Lipinski definition) is 4. The van der Waals surface area contributed by atoms with E-state index in [1.54, 1.807) is 0 Å². The van der Waals surface area contributed by atoms with Gasteiger partial charge >= 0.3 is 5.97 Å². The number of nitrogens with two attached hydrogens (primary N) is 1. The van der Waals surface area contributed by atoms with Crippen LogP contribution in [0, 0.1) is 0 Å². The molecule has 1 heterocycles. The number of carbonyl (C=O) groups is 3. The van der Waals surface area contributed by atoms with Crippen molar-refractivity contribution in [3.05, 3.63) is 34.2 Å². The highest BCUT2D eigenvalue weighted by Gasteiger charge is 2.23. The van der Waals surface area contributed by atoms with E-state index in [0.29, 0.717) is 0 Å². The number of H-pyrrole nitrogens is 1. The molecule has 0 saturated carbocycles. The molecule has 0 saturated heterocycles. The van der Waals surface area contributed by atoms with Gasteiger partial charge in [-0.15, -0.1) is 0 Å². The van der Waals surface area contributed by atoms with Crippen LogP contribution in [-0.2, 0) is 9.59 Å². The Kier molecular flexibility index (Phi) is 4.19. The summed E-state index contributed by atoms with van der Waals surface area (Å²) in [4.78, 5) is 46.6. The standard InChI is InChI=1S/C10H11N3O5/c11-7(14)4-6(10(17)18)13-9(16)5-2-1-3-12-8(5)15/h1-3,6H,4H2,(H2,11,14)(H,12,15)(H,13,16)(H,17,18)/t6-/m1/s1. The molecular weight excluding hydrogens is 242 g/mol. The summed E-state index contributed by atoms with van der Waals surface area (Å²) >= 11 is 0. The number of hydrogen-bond acceptors (Lipinski definition) is 4. The number of aliphatic carboxylic acids is 1. The van der Waals surface area contributed by atoms with Crippen LogP contribution >= 0.6 is 0 Å². The van der Waals surface area contributed by atoms with Gasteiger partial charge in [0.05, 0.1) is 6.42 Å². The Hall–Kier alpha value is -2.64. The quantitative estimate of drug-likeness (QED) is 0.501. The first kappa shape index (κ1) is 13.4. The highest BCUT2D eigenvalue weighted by atomic mass is 16.4. The van der Waals surface area contributed by atoms with Crippen molar-refractivity contribution in [2.45, 2.75) is 12.5 Å². The Morgan fingerprint density at radius 2 is 2.11 bits per heavy atom. The van der Waals surface area contributed by atoms with Gasteiger partial charge in [-0.3, -0.25) is 14.4 Å². The third kappa shape index (κ3) is 3.44. The van der Waals surface area contributed by atoms with Crippen LogP contribution in [0.4, 0.5) is 0 Å². The van der Waals surface area contributed by atoms with Gasteiger partial charge in [-0.05, 0) is 12.1 Å². The minimum absolute atomic E-state index is 0.242. The molecule has 1 aromatic heterocycles. The number of nitrogens with one attached hydrogen (secondary N) is 2. The number of amides is 2. The first-order valence-corrected chi connectivity index (χ1v) is 4.91. The fraction of sp³-hybridized carbons (Fsp3) is 0.200. The molecular formula is C10H11N3O5. The third-order valence-corrected chi connectivity index (χ3v) is 2.07. The SMILES string of the molecule is NC(=O)C[C@@H](NC(=O)c1ccc[nH]c1=O)C(=O)O. The van der Waals surface area contributed by atoms with E-state index in [1.165, 1.54) is 18.3 Å². The van der Waals surface area contributed by atoms with Gasteiger partial charge in [0.1, 0.15) is 11.6 Å². The summed E-state index contributed by atoms with van der Waals surface area (Å²) in [6.45, 7) is 0. The van der Waals surface area contributed by atoms with Gasteiger partial charge in [0.15, 0.2) is 0 Å². The van der Waals surface area contributed by atoms with Gasteiger partial charge in [-0.25, -0.2) is 4.79 Å². The van der Waals surface area contributed by atoms with E-state index in [-0.39, 0.29) is 5.56 Å². The molecule has 0 aromatic carbocycles. The second-order valence-corrected chi connectivity index (χ2v) is 3.45. The van der Waals surface area contributed by atoms with Crippen molar-refractivity contribution in [1.29, 1.82) is 0 Å². The summed E-state index contributed by atoms with van der Waals surface area (Å²) in [7, 11) is 0. The second kappa shape index (κ2) is 5.62. The lowest BCUT2D eigenvalue weighted by molar-refractivity contribution is -0.140. The molecule has 0 aliphatic heterocycles. The minimum Gasteiger partial charge on any atom is -0.480 e. The molecule has 1 rings (SSSR count). The molecule has 0 fully saturated rings. The second-order valence-electron chi connectivity index (χ2n) is 3.45. The van der Waals surface area contributed by atoms with Crippen LogP contribution in [0.15, 0.2) is 23.1 Å². The average Bonchev–Trinajstić information content (AvgIpc) is 2.27. The Bertz CT molecular complexity index is 536. The van der Waals surface area contributed by atoms with Crippen LogP contribution in [0.1, 0.15) is 16.8 Å². The number of aromatic nitrogens is 1. The van der Waals surface area contributed by atoms with Gasteiger partial charge in [-0.2, -0.15) is 0 Å². The molecule has 0 bridgehead atoms. The molecule has 0 aliphatic carbocycles. The Labute approximate surface area is 101 Å².